The molecule has 0 saturated carbocycles. The summed E-state index contributed by atoms with van der Waals surface area (Å²) in [5, 5.41) is 9.52. The van der Waals surface area contributed by atoms with Gasteiger partial charge in [-0.05, 0) is 39.0 Å². The third-order valence-corrected chi connectivity index (χ3v) is 3.78. The molecule has 0 saturated heterocycles. The van der Waals surface area contributed by atoms with Crippen molar-refractivity contribution >= 4 is 5.91 Å². The Morgan fingerprint density at radius 1 is 1.28 bits per heavy atom. The minimum absolute atomic E-state index is 0.259. The molecule has 0 aliphatic carbocycles. The topological polar surface area (TPSA) is 106 Å². The highest BCUT2D eigenvalue weighted by atomic mass is 16.3. The van der Waals surface area contributed by atoms with E-state index >= 15 is 0 Å². The Kier molecular flexibility index (Phi) is 4.51. The van der Waals surface area contributed by atoms with Gasteiger partial charge in [-0.15, -0.1) is 0 Å². The molecule has 8 heteroatoms. The van der Waals surface area contributed by atoms with E-state index in [-0.39, 0.29) is 17.3 Å². The first kappa shape index (κ1) is 16.7. The van der Waals surface area contributed by atoms with Crippen LogP contribution in [0.25, 0.3) is 11.5 Å². The zero-order valence-electron chi connectivity index (χ0n) is 14.3. The largest absolute Gasteiger partial charge is 0.460 e. The van der Waals surface area contributed by atoms with Gasteiger partial charge in [0.1, 0.15) is 11.5 Å². The van der Waals surface area contributed by atoms with Crippen LogP contribution in [0.1, 0.15) is 27.6 Å². The number of carbonyl (C=O) groups excluding carboxylic acids is 1. The molecular weight excluding hydrogens is 322 g/mol. The summed E-state index contributed by atoms with van der Waals surface area (Å²) in [6.07, 6.45) is 0. The molecular formula is C17H19N5O3. The van der Waals surface area contributed by atoms with Crippen LogP contribution in [-0.2, 0) is 6.54 Å². The van der Waals surface area contributed by atoms with E-state index in [9.17, 15) is 9.59 Å². The summed E-state index contributed by atoms with van der Waals surface area (Å²) in [7, 11) is 0. The third kappa shape index (κ3) is 3.68. The number of H-pyrrole nitrogens is 1. The van der Waals surface area contributed by atoms with Crippen molar-refractivity contribution in [3.8, 4) is 11.5 Å². The molecule has 0 aliphatic rings. The van der Waals surface area contributed by atoms with Gasteiger partial charge in [0.25, 0.3) is 5.91 Å². The summed E-state index contributed by atoms with van der Waals surface area (Å²) in [5.41, 5.74) is 2.06. The molecule has 1 amide bonds. The predicted octanol–water partition coefficient (Wildman–Crippen LogP) is 1.58. The van der Waals surface area contributed by atoms with Crippen molar-refractivity contribution in [2.45, 2.75) is 27.3 Å². The highest BCUT2D eigenvalue weighted by molar-refractivity contribution is 5.93. The second-order valence-corrected chi connectivity index (χ2v) is 5.81. The maximum Gasteiger partial charge on any atom is 0.348 e. The number of rotatable bonds is 5. The lowest BCUT2D eigenvalue weighted by Gasteiger charge is -2.09. The van der Waals surface area contributed by atoms with E-state index in [1.165, 1.54) is 4.57 Å². The average Bonchev–Trinajstić information content (AvgIpc) is 3.18. The number of furan rings is 1. The third-order valence-electron chi connectivity index (χ3n) is 3.78. The molecule has 0 radical (unpaired) electrons. The maximum absolute atomic E-state index is 12.2. The van der Waals surface area contributed by atoms with E-state index in [4.69, 9.17) is 4.42 Å². The van der Waals surface area contributed by atoms with Crippen LogP contribution in [0.2, 0.25) is 0 Å². The Morgan fingerprint density at radius 2 is 2.08 bits per heavy atom. The monoisotopic (exact) mass is 341 g/mol. The standard InChI is InChI=1S/C17H19N5O3/c1-10-8-11(2)22(17(24)19-10)7-6-18-16(23)14-9-13(20-21-14)15-5-4-12(3)25-15/h4-5,8-9H,6-7H2,1-3H3,(H,18,23)(H,20,21). The van der Waals surface area contributed by atoms with Crippen molar-refractivity contribution in [2.24, 2.45) is 0 Å². The number of aromatic amines is 1. The van der Waals surface area contributed by atoms with Crippen LogP contribution in [0.15, 0.2) is 33.5 Å². The fourth-order valence-corrected chi connectivity index (χ4v) is 2.56. The zero-order valence-corrected chi connectivity index (χ0v) is 14.3. The molecule has 0 atom stereocenters. The number of amides is 1. The summed E-state index contributed by atoms with van der Waals surface area (Å²) in [6.45, 7) is 6.10. The number of hydrogen-bond donors (Lipinski definition) is 2. The molecule has 0 fully saturated rings. The highest BCUT2D eigenvalue weighted by Gasteiger charge is 2.13. The number of aromatic nitrogens is 4. The van der Waals surface area contributed by atoms with E-state index < -0.39 is 0 Å². The summed E-state index contributed by atoms with van der Waals surface area (Å²) in [6, 6.07) is 7.10. The molecule has 0 spiro atoms. The number of hydrogen-bond acceptors (Lipinski definition) is 5. The molecule has 0 aromatic carbocycles. The SMILES string of the molecule is Cc1cc(C)n(CCNC(=O)c2cc(-c3ccc(C)o3)[nH]n2)c(=O)n1. The van der Waals surface area contributed by atoms with E-state index in [1.807, 2.05) is 32.0 Å². The lowest BCUT2D eigenvalue weighted by molar-refractivity contribution is 0.0947. The smallest absolute Gasteiger partial charge is 0.348 e. The quantitative estimate of drug-likeness (QED) is 0.733. The molecule has 8 nitrogen and oxygen atoms in total. The van der Waals surface area contributed by atoms with Crippen LogP contribution < -0.4 is 11.0 Å². The summed E-state index contributed by atoms with van der Waals surface area (Å²) < 4.78 is 7.01. The van der Waals surface area contributed by atoms with Gasteiger partial charge in [0, 0.05) is 30.5 Å². The minimum Gasteiger partial charge on any atom is -0.460 e. The van der Waals surface area contributed by atoms with Gasteiger partial charge in [0.2, 0.25) is 0 Å². The lowest BCUT2D eigenvalue weighted by Crippen LogP contribution is -2.33. The summed E-state index contributed by atoms with van der Waals surface area (Å²) >= 11 is 0. The Morgan fingerprint density at radius 3 is 2.76 bits per heavy atom. The van der Waals surface area contributed by atoms with Crippen LogP contribution in [0.3, 0.4) is 0 Å². The zero-order chi connectivity index (χ0) is 18.0. The van der Waals surface area contributed by atoms with Gasteiger partial charge in [-0.25, -0.2) is 4.79 Å². The first-order valence-corrected chi connectivity index (χ1v) is 7.89. The van der Waals surface area contributed by atoms with Gasteiger partial charge in [0.05, 0.1) is 0 Å². The molecule has 130 valence electrons. The molecule has 0 unspecified atom stereocenters. The van der Waals surface area contributed by atoms with Crippen LogP contribution in [0.4, 0.5) is 0 Å². The first-order chi connectivity index (χ1) is 11.9. The van der Waals surface area contributed by atoms with E-state index in [0.717, 1.165) is 11.5 Å². The predicted molar refractivity (Wildman–Crippen MR) is 91.3 cm³/mol. The van der Waals surface area contributed by atoms with Crippen molar-refractivity contribution in [2.75, 3.05) is 6.54 Å². The van der Waals surface area contributed by atoms with E-state index in [2.05, 4.69) is 20.5 Å². The molecule has 3 aromatic rings. The first-order valence-electron chi connectivity index (χ1n) is 7.89. The van der Waals surface area contributed by atoms with E-state index in [0.29, 0.717) is 30.2 Å². The molecule has 0 bridgehead atoms. The van der Waals surface area contributed by atoms with Crippen molar-refractivity contribution in [1.29, 1.82) is 0 Å². The minimum atomic E-state index is -0.323. The second kappa shape index (κ2) is 6.76. The van der Waals surface area contributed by atoms with Gasteiger partial charge in [-0.1, -0.05) is 0 Å². The van der Waals surface area contributed by atoms with Crippen molar-refractivity contribution in [3.63, 3.8) is 0 Å². The van der Waals surface area contributed by atoms with E-state index in [1.54, 1.807) is 13.0 Å². The number of nitrogens with zero attached hydrogens (tertiary/aromatic N) is 3. The van der Waals surface area contributed by atoms with Crippen LogP contribution >= 0.6 is 0 Å². The second-order valence-electron chi connectivity index (χ2n) is 5.81. The van der Waals surface area contributed by atoms with Crippen molar-refractivity contribution in [1.82, 2.24) is 25.1 Å². The molecule has 2 N–H and O–H groups in total. The fourth-order valence-electron chi connectivity index (χ4n) is 2.56. The Hall–Kier alpha value is -3.16. The van der Waals surface area contributed by atoms with Gasteiger partial charge in [-0.2, -0.15) is 10.1 Å². The molecule has 25 heavy (non-hydrogen) atoms. The Labute approximate surface area is 143 Å². The van der Waals surface area contributed by atoms with Gasteiger partial charge >= 0.3 is 5.69 Å². The van der Waals surface area contributed by atoms with Crippen LogP contribution in [0, 0.1) is 20.8 Å². The molecule has 0 aliphatic heterocycles. The van der Waals surface area contributed by atoms with Crippen LogP contribution in [-0.4, -0.2) is 32.2 Å². The summed E-state index contributed by atoms with van der Waals surface area (Å²) in [4.78, 5) is 28.0. The number of aryl methyl sites for hydroxylation is 3. The molecule has 3 aromatic heterocycles. The summed E-state index contributed by atoms with van der Waals surface area (Å²) in [5.74, 6) is 1.08. The maximum atomic E-state index is 12.2. The Balaban J connectivity index is 1.62. The van der Waals surface area contributed by atoms with Gasteiger partial charge < -0.3 is 9.73 Å². The lowest BCUT2D eigenvalue weighted by atomic mass is 10.3. The molecule has 3 rings (SSSR count). The highest BCUT2D eigenvalue weighted by Crippen LogP contribution is 2.20. The van der Waals surface area contributed by atoms with Gasteiger partial charge in [0.15, 0.2) is 11.5 Å². The molecule has 3 heterocycles. The van der Waals surface area contributed by atoms with Crippen molar-refractivity contribution < 1.29 is 9.21 Å². The number of nitrogens with one attached hydrogen (secondary N) is 2. The normalized spacial score (nSPS) is 10.8. The fraction of sp³-hybridized carbons (Fsp3) is 0.294. The van der Waals surface area contributed by atoms with Crippen molar-refractivity contribution in [3.05, 3.63) is 57.6 Å². The number of carbonyl (C=O) groups is 1. The van der Waals surface area contributed by atoms with Crippen LogP contribution in [0.5, 0.6) is 0 Å². The van der Waals surface area contributed by atoms with Gasteiger partial charge in [-0.3, -0.25) is 14.5 Å². The Bertz CT molecular complexity index is 967. The average molecular weight is 341 g/mol.